The van der Waals surface area contributed by atoms with Crippen LogP contribution in [0.5, 0.6) is 0 Å². The molecule has 0 aliphatic heterocycles. The highest BCUT2D eigenvalue weighted by molar-refractivity contribution is 5.70. The minimum absolute atomic E-state index is 0.150. The molecule has 0 aliphatic carbocycles. The number of methoxy groups -OCH3 is 1. The van der Waals surface area contributed by atoms with Crippen molar-refractivity contribution in [2.45, 2.75) is 32.2 Å². The van der Waals surface area contributed by atoms with Gasteiger partial charge in [-0.05, 0) is 37.1 Å². The molecular weight excluding hydrogens is 221 g/mol. The Morgan fingerprint density at radius 2 is 2.18 bits per heavy atom. The predicted octanol–water partition coefficient (Wildman–Crippen LogP) is 2.13. The van der Waals surface area contributed by atoms with Gasteiger partial charge < -0.3 is 10.5 Å². The molecule has 0 spiro atoms. The fourth-order valence-corrected chi connectivity index (χ4v) is 1.90. The third-order valence-electron chi connectivity index (χ3n) is 2.88. The molecule has 0 fully saturated rings. The molecule has 0 heterocycles. The molecular formula is C13H18FNO2. The Morgan fingerprint density at radius 3 is 2.65 bits per heavy atom. The van der Waals surface area contributed by atoms with Gasteiger partial charge in [-0.15, -0.1) is 0 Å². The molecule has 0 aromatic heterocycles. The average Bonchev–Trinajstić information content (AvgIpc) is 2.26. The number of rotatable bonds is 4. The lowest BCUT2D eigenvalue weighted by Gasteiger charge is -2.22. The van der Waals surface area contributed by atoms with E-state index in [1.165, 1.54) is 19.2 Å². The summed E-state index contributed by atoms with van der Waals surface area (Å²) in [6.07, 6.45) is 0.209. The van der Waals surface area contributed by atoms with Crippen molar-refractivity contribution in [3.8, 4) is 0 Å². The molecule has 3 nitrogen and oxygen atoms in total. The lowest BCUT2D eigenvalue weighted by atomic mass is 9.87. The van der Waals surface area contributed by atoms with Crippen molar-refractivity contribution in [2.75, 3.05) is 7.11 Å². The number of benzene rings is 1. The topological polar surface area (TPSA) is 52.3 Å². The van der Waals surface area contributed by atoms with Crippen LogP contribution in [0, 0.1) is 12.7 Å². The molecule has 1 rings (SSSR count). The van der Waals surface area contributed by atoms with Crippen LogP contribution in [0.15, 0.2) is 18.2 Å². The number of halogens is 1. The molecule has 17 heavy (non-hydrogen) atoms. The highest BCUT2D eigenvalue weighted by Crippen LogP contribution is 2.26. The van der Waals surface area contributed by atoms with Crippen molar-refractivity contribution < 1.29 is 13.9 Å². The van der Waals surface area contributed by atoms with Gasteiger partial charge in [0.05, 0.1) is 13.5 Å². The number of carbonyl (C=O) groups is 1. The number of nitrogens with two attached hydrogens (primary N) is 1. The first-order chi connectivity index (χ1) is 7.95. The Hall–Kier alpha value is -1.42. The number of esters is 1. The van der Waals surface area contributed by atoms with Gasteiger partial charge in [0.2, 0.25) is 0 Å². The summed E-state index contributed by atoms with van der Waals surface area (Å²) in [5, 5.41) is 0. The zero-order valence-electron chi connectivity index (χ0n) is 10.4. The minimum Gasteiger partial charge on any atom is -0.469 e. The van der Waals surface area contributed by atoms with Gasteiger partial charge in [-0.1, -0.05) is 6.07 Å². The van der Waals surface area contributed by atoms with Crippen LogP contribution in [-0.2, 0) is 9.53 Å². The molecule has 2 unspecified atom stereocenters. The van der Waals surface area contributed by atoms with E-state index in [1.807, 2.05) is 13.8 Å². The van der Waals surface area contributed by atoms with Gasteiger partial charge in [-0.3, -0.25) is 4.79 Å². The maximum atomic E-state index is 13.0. The second-order valence-corrected chi connectivity index (χ2v) is 4.25. The summed E-state index contributed by atoms with van der Waals surface area (Å²) < 4.78 is 17.7. The number of carbonyl (C=O) groups excluding carboxylic acids is 1. The Kier molecular flexibility index (Phi) is 4.63. The Labute approximate surface area is 101 Å². The highest BCUT2D eigenvalue weighted by Gasteiger charge is 2.22. The van der Waals surface area contributed by atoms with Gasteiger partial charge >= 0.3 is 5.97 Å². The highest BCUT2D eigenvalue weighted by atomic mass is 19.1. The summed E-state index contributed by atoms with van der Waals surface area (Å²) in [6, 6.07) is 4.32. The second-order valence-electron chi connectivity index (χ2n) is 4.25. The van der Waals surface area contributed by atoms with Crippen molar-refractivity contribution in [3.63, 3.8) is 0 Å². The summed E-state index contributed by atoms with van der Waals surface area (Å²) in [6.45, 7) is 3.64. The van der Waals surface area contributed by atoms with E-state index >= 15 is 0 Å². The molecule has 2 atom stereocenters. The largest absolute Gasteiger partial charge is 0.469 e. The van der Waals surface area contributed by atoms with Crippen LogP contribution in [0.1, 0.15) is 30.4 Å². The quantitative estimate of drug-likeness (QED) is 0.819. The average molecular weight is 239 g/mol. The van der Waals surface area contributed by atoms with Crippen LogP contribution in [0.2, 0.25) is 0 Å². The minimum atomic E-state index is -0.309. The molecule has 0 saturated heterocycles. The van der Waals surface area contributed by atoms with Gasteiger partial charge in [0, 0.05) is 12.0 Å². The number of hydrogen-bond acceptors (Lipinski definition) is 3. The van der Waals surface area contributed by atoms with Crippen molar-refractivity contribution >= 4 is 5.97 Å². The number of aryl methyl sites for hydroxylation is 1. The van der Waals surface area contributed by atoms with Gasteiger partial charge in [-0.25, -0.2) is 4.39 Å². The SMILES string of the molecule is COC(=O)CC(c1ccc(F)cc1C)C(C)N. The smallest absolute Gasteiger partial charge is 0.306 e. The van der Waals surface area contributed by atoms with E-state index < -0.39 is 0 Å². The first-order valence-electron chi connectivity index (χ1n) is 5.54. The molecule has 2 N–H and O–H groups in total. The molecule has 0 saturated carbocycles. The van der Waals surface area contributed by atoms with Gasteiger partial charge in [0.15, 0.2) is 0 Å². The van der Waals surface area contributed by atoms with Crippen LogP contribution in [0.3, 0.4) is 0 Å². The van der Waals surface area contributed by atoms with Crippen molar-refractivity contribution in [2.24, 2.45) is 5.73 Å². The molecule has 0 amide bonds. The maximum absolute atomic E-state index is 13.0. The third kappa shape index (κ3) is 3.53. The van der Waals surface area contributed by atoms with Gasteiger partial charge in [-0.2, -0.15) is 0 Å². The molecule has 0 aliphatic rings. The van der Waals surface area contributed by atoms with E-state index in [9.17, 15) is 9.18 Å². The summed E-state index contributed by atoms with van der Waals surface area (Å²) in [5.74, 6) is -0.744. The standard InChI is InChI=1S/C13H18FNO2/c1-8-6-10(14)4-5-11(8)12(9(2)15)7-13(16)17-3/h4-6,9,12H,7,15H2,1-3H3. The van der Waals surface area contributed by atoms with E-state index in [0.717, 1.165) is 11.1 Å². The Bertz CT molecular complexity index is 404. The second kappa shape index (κ2) is 5.77. The monoisotopic (exact) mass is 239 g/mol. The number of ether oxygens (including phenoxy) is 1. The maximum Gasteiger partial charge on any atom is 0.306 e. The van der Waals surface area contributed by atoms with Crippen LogP contribution in [0.4, 0.5) is 4.39 Å². The van der Waals surface area contributed by atoms with Gasteiger partial charge in [0.25, 0.3) is 0 Å². The summed E-state index contributed by atoms with van der Waals surface area (Å²) in [4.78, 5) is 11.3. The van der Waals surface area contributed by atoms with Crippen LogP contribution < -0.4 is 5.73 Å². The van der Waals surface area contributed by atoms with E-state index in [4.69, 9.17) is 5.73 Å². The van der Waals surface area contributed by atoms with E-state index in [-0.39, 0.29) is 30.2 Å². The molecule has 1 aromatic rings. The summed E-state index contributed by atoms with van der Waals surface area (Å²) in [7, 11) is 1.35. The predicted molar refractivity (Wildman–Crippen MR) is 64.2 cm³/mol. The van der Waals surface area contributed by atoms with E-state index in [0.29, 0.717) is 0 Å². The van der Waals surface area contributed by atoms with Crippen molar-refractivity contribution in [3.05, 3.63) is 35.1 Å². The molecule has 94 valence electrons. The van der Waals surface area contributed by atoms with Crippen LogP contribution >= 0.6 is 0 Å². The zero-order valence-corrected chi connectivity index (χ0v) is 10.4. The first-order valence-corrected chi connectivity index (χ1v) is 5.54. The van der Waals surface area contributed by atoms with Crippen LogP contribution in [-0.4, -0.2) is 19.1 Å². The van der Waals surface area contributed by atoms with Gasteiger partial charge in [0.1, 0.15) is 5.82 Å². The lowest BCUT2D eigenvalue weighted by Crippen LogP contribution is -2.27. The van der Waals surface area contributed by atoms with Crippen LogP contribution in [0.25, 0.3) is 0 Å². The Balaban J connectivity index is 3.01. The number of hydrogen-bond donors (Lipinski definition) is 1. The molecule has 0 bridgehead atoms. The summed E-state index contributed by atoms with van der Waals surface area (Å²) >= 11 is 0. The molecule has 1 aromatic carbocycles. The first kappa shape index (κ1) is 13.6. The normalized spacial score (nSPS) is 14.2. The lowest BCUT2D eigenvalue weighted by molar-refractivity contribution is -0.141. The Morgan fingerprint density at radius 1 is 1.53 bits per heavy atom. The van der Waals surface area contributed by atoms with E-state index in [1.54, 1.807) is 6.07 Å². The van der Waals surface area contributed by atoms with Crippen molar-refractivity contribution in [1.82, 2.24) is 0 Å². The third-order valence-corrected chi connectivity index (χ3v) is 2.88. The van der Waals surface area contributed by atoms with E-state index in [2.05, 4.69) is 4.74 Å². The zero-order chi connectivity index (χ0) is 13.0. The molecule has 0 radical (unpaired) electrons. The molecule has 4 heteroatoms. The van der Waals surface area contributed by atoms with Crippen molar-refractivity contribution in [1.29, 1.82) is 0 Å². The fraction of sp³-hybridized carbons (Fsp3) is 0.462. The summed E-state index contributed by atoms with van der Waals surface area (Å²) in [5.41, 5.74) is 7.57. The fourth-order valence-electron chi connectivity index (χ4n) is 1.90.